The monoisotopic (exact) mass is 269 g/mol. The zero-order chi connectivity index (χ0) is 13.9. The van der Waals surface area contributed by atoms with E-state index in [0.717, 1.165) is 24.5 Å². The Labute approximate surface area is 121 Å². The van der Waals surface area contributed by atoms with Crippen LogP contribution in [0.3, 0.4) is 0 Å². The van der Waals surface area contributed by atoms with Gasteiger partial charge < -0.3 is 9.73 Å². The van der Waals surface area contributed by atoms with Crippen molar-refractivity contribution in [2.24, 2.45) is 0 Å². The lowest BCUT2D eigenvalue weighted by Gasteiger charge is -2.18. The lowest BCUT2D eigenvalue weighted by Crippen LogP contribution is -2.23. The number of hydrogen-bond donors (Lipinski definition) is 1. The molecule has 0 bridgehead atoms. The molecule has 1 unspecified atom stereocenters. The number of aryl methyl sites for hydroxylation is 3. The Hall–Kier alpha value is -1.54. The molecule has 0 radical (unpaired) electrons. The summed E-state index contributed by atoms with van der Waals surface area (Å²) in [4.78, 5) is 0. The van der Waals surface area contributed by atoms with Crippen LogP contribution >= 0.6 is 0 Å². The van der Waals surface area contributed by atoms with Crippen LogP contribution in [0.15, 0.2) is 34.7 Å². The van der Waals surface area contributed by atoms with Crippen LogP contribution in [0.5, 0.6) is 0 Å². The quantitative estimate of drug-likeness (QED) is 0.881. The predicted molar refractivity (Wildman–Crippen MR) is 82.0 cm³/mol. The van der Waals surface area contributed by atoms with E-state index in [2.05, 4.69) is 36.5 Å². The van der Waals surface area contributed by atoms with Crippen molar-refractivity contribution in [2.45, 2.75) is 45.6 Å². The van der Waals surface area contributed by atoms with Gasteiger partial charge in [-0.15, -0.1) is 0 Å². The Balaban J connectivity index is 1.92. The summed E-state index contributed by atoms with van der Waals surface area (Å²) in [6.07, 6.45) is 4.89. The first kappa shape index (κ1) is 13.4. The molecule has 3 rings (SSSR count). The van der Waals surface area contributed by atoms with E-state index in [1.54, 1.807) is 0 Å². The van der Waals surface area contributed by atoms with Gasteiger partial charge in [0.15, 0.2) is 0 Å². The number of fused-ring (bicyclic) bond motifs is 1. The Kier molecular flexibility index (Phi) is 3.93. The third-order valence-electron chi connectivity index (χ3n) is 4.10. The Morgan fingerprint density at radius 3 is 2.75 bits per heavy atom. The van der Waals surface area contributed by atoms with Gasteiger partial charge in [-0.3, -0.25) is 0 Å². The van der Waals surface area contributed by atoms with E-state index in [9.17, 15) is 0 Å². The van der Waals surface area contributed by atoms with Crippen LogP contribution in [0.4, 0.5) is 0 Å². The first-order valence-corrected chi connectivity index (χ1v) is 7.69. The molecule has 2 heteroatoms. The van der Waals surface area contributed by atoms with Gasteiger partial charge in [0, 0.05) is 0 Å². The van der Waals surface area contributed by atoms with Crippen molar-refractivity contribution in [3.05, 3.63) is 58.5 Å². The van der Waals surface area contributed by atoms with Gasteiger partial charge in [-0.05, 0) is 68.0 Å². The molecule has 0 aliphatic heterocycles. The summed E-state index contributed by atoms with van der Waals surface area (Å²) in [5.41, 5.74) is 4.38. The number of furan rings is 1. The molecule has 1 atom stereocenters. The van der Waals surface area contributed by atoms with Crippen molar-refractivity contribution >= 4 is 0 Å². The number of rotatable bonds is 5. The minimum atomic E-state index is 0.176. The van der Waals surface area contributed by atoms with E-state index in [1.165, 1.54) is 36.0 Å². The molecule has 2 aromatic rings. The summed E-state index contributed by atoms with van der Waals surface area (Å²) in [5, 5.41) is 3.61. The minimum absolute atomic E-state index is 0.176. The fourth-order valence-electron chi connectivity index (χ4n) is 3.05. The molecular weight excluding hydrogens is 246 g/mol. The maximum Gasteiger partial charge on any atom is 0.125 e. The van der Waals surface area contributed by atoms with Crippen molar-refractivity contribution in [3.8, 4) is 0 Å². The van der Waals surface area contributed by atoms with Crippen molar-refractivity contribution in [1.29, 1.82) is 0 Å². The minimum Gasteiger partial charge on any atom is -0.464 e. The molecule has 20 heavy (non-hydrogen) atoms. The highest BCUT2D eigenvalue weighted by molar-refractivity contribution is 5.38. The molecule has 1 N–H and O–H groups in total. The predicted octanol–water partition coefficient (Wildman–Crippen LogP) is 4.17. The summed E-state index contributed by atoms with van der Waals surface area (Å²) in [6.45, 7) is 5.20. The second-order valence-electron chi connectivity index (χ2n) is 5.72. The first-order chi connectivity index (χ1) is 9.78. The zero-order valence-electron chi connectivity index (χ0n) is 12.4. The van der Waals surface area contributed by atoms with Crippen molar-refractivity contribution in [2.75, 3.05) is 6.54 Å². The summed E-state index contributed by atoms with van der Waals surface area (Å²) in [6, 6.07) is 11.2. The van der Waals surface area contributed by atoms with Gasteiger partial charge >= 0.3 is 0 Å². The average Bonchev–Trinajstić information content (AvgIpc) is 3.07. The molecule has 0 saturated heterocycles. The summed E-state index contributed by atoms with van der Waals surface area (Å²) in [7, 11) is 0. The van der Waals surface area contributed by atoms with Crippen LogP contribution in [0.1, 0.15) is 54.0 Å². The van der Waals surface area contributed by atoms with E-state index in [4.69, 9.17) is 4.42 Å². The van der Waals surface area contributed by atoms with Gasteiger partial charge in [-0.25, -0.2) is 0 Å². The molecular formula is C18H23NO. The van der Waals surface area contributed by atoms with E-state index in [-0.39, 0.29) is 6.04 Å². The average molecular weight is 269 g/mol. The second kappa shape index (κ2) is 5.84. The fourth-order valence-corrected chi connectivity index (χ4v) is 3.05. The molecule has 1 aliphatic rings. The number of nitrogens with one attached hydrogen (secondary N) is 1. The SMILES string of the molecule is CCCNC(c1ccc2c(c1)CCC2)c1ccc(C)o1. The van der Waals surface area contributed by atoms with E-state index in [0.29, 0.717) is 0 Å². The Morgan fingerprint density at radius 1 is 1.15 bits per heavy atom. The molecule has 106 valence electrons. The molecule has 0 spiro atoms. The van der Waals surface area contributed by atoms with E-state index >= 15 is 0 Å². The maximum atomic E-state index is 5.85. The fraction of sp³-hybridized carbons (Fsp3) is 0.444. The lowest BCUT2D eigenvalue weighted by atomic mass is 9.99. The van der Waals surface area contributed by atoms with Gasteiger partial charge in [-0.2, -0.15) is 0 Å². The normalized spacial score (nSPS) is 15.3. The van der Waals surface area contributed by atoms with Crippen molar-refractivity contribution in [1.82, 2.24) is 5.32 Å². The van der Waals surface area contributed by atoms with Crippen molar-refractivity contribution in [3.63, 3.8) is 0 Å². The van der Waals surface area contributed by atoms with Crippen LogP contribution in [0, 0.1) is 6.92 Å². The molecule has 2 nitrogen and oxygen atoms in total. The third-order valence-corrected chi connectivity index (χ3v) is 4.10. The smallest absolute Gasteiger partial charge is 0.125 e. The Bertz CT molecular complexity index is 585. The van der Waals surface area contributed by atoms with Gasteiger partial charge in [-0.1, -0.05) is 25.1 Å². The molecule has 1 aliphatic carbocycles. The van der Waals surface area contributed by atoms with Gasteiger partial charge in [0.25, 0.3) is 0 Å². The molecule has 1 aromatic carbocycles. The van der Waals surface area contributed by atoms with Gasteiger partial charge in [0.2, 0.25) is 0 Å². The lowest BCUT2D eigenvalue weighted by molar-refractivity contribution is 0.430. The highest BCUT2D eigenvalue weighted by Gasteiger charge is 2.19. The largest absolute Gasteiger partial charge is 0.464 e. The molecule has 1 heterocycles. The zero-order valence-corrected chi connectivity index (χ0v) is 12.4. The van der Waals surface area contributed by atoms with Crippen LogP contribution in [0.2, 0.25) is 0 Å². The number of benzene rings is 1. The second-order valence-corrected chi connectivity index (χ2v) is 5.72. The van der Waals surface area contributed by atoms with Crippen LogP contribution in [-0.4, -0.2) is 6.54 Å². The molecule has 0 saturated carbocycles. The topological polar surface area (TPSA) is 25.2 Å². The first-order valence-electron chi connectivity index (χ1n) is 7.69. The third kappa shape index (κ3) is 2.66. The Morgan fingerprint density at radius 2 is 2.00 bits per heavy atom. The van der Waals surface area contributed by atoms with Crippen LogP contribution in [-0.2, 0) is 12.8 Å². The molecule has 0 fully saturated rings. The van der Waals surface area contributed by atoms with E-state index < -0.39 is 0 Å². The summed E-state index contributed by atoms with van der Waals surface area (Å²) < 4.78 is 5.85. The maximum absolute atomic E-state index is 5.85. The van der Waals surface area contributed by atoms with Crippen LogP contribution < -0.4 is 5.32 Å². The van der Waals surface area contributed by atoms with Gasteiger partial charge in [0.05, 0.1) is 6.04 Å². The van der Waals surface area contributed by atoms with Crippen molar-refractivity contribution < 1.29 is 4.42 Å². The summed E-state index contributed by atoms with van der Waals surface area (Å²) in [5.74, 6) is 2.00. The standard InChI is InChI=1S/C18H23NO/c1-3-11-19-18(17-10-7-13(2)20-17)16-9-8-14-5-4-6-15(14)12-16/h7-10,12,18-19H,3-6,11H2,1-2H3. The summed E-state index contributed by atoms with van der Waals surface area (Å²) >= 11 is 0. The number of hydrogen-bond acceptors (Lipinski definition) is 2. The highest BCUT2D eigenvalue weighted by atomic mass is 16.3. The van der Waals surface area contributed by atoms with Gasteiger partial charge in [0.1, 0.15) is 11.5 Å². The molecule has 1 aromatic heterocycles. The van der Waals surface area contributed by atoms with Crippen LogP contribution in [0.25, 0.3) is 0 Å². The molecule has 0 amide bonds. The van der Waals surface area contributed by atoms with E-state index in [1.807, 2.05) is 13.0 Å². The highest BCUT2D eigenvalue weighted by Crippen LogP contribution is 2.29.